The summed E-state index contributed by atoms with van der Waals surface area (Å²) in [7, 11) is 0. The minimum absolute atomic E-state index is 0.658. The third-order valence-corrected chi connectivity index (χ3v) is 2.56. The Labute approximate surface area is 88.7 Å². The maximum absolute atomic E-state index is 10.5. The largest absolute Gasteiger partial charge is 0.493 e. The van der Waals surface area contributed by atoms with Crippen molar-refractivity contribution in [1.29, 1.82) is 0 Å². The van der Waals surface area contributed by atoms with Gasteiger partial charge >= 0.3 is 0 Å². The molecular formula is C11H14O2S. The Bertz CT molecular complexity index is 286. The minimum atomic E-state index is 0.658. The number of ether oxygens (including phenoxy) is 1. The van der Waals surface area contributed by atoms with Gasteiger partial charge in [-0.1, -0.05) is 19.1 Å². The Hall–Kier alpha value is -0.960. The fourth-order valence-electron chi connectivity index (χ4n) is 1.04. The monoisotopic (exact) mass is 210 g/mol. The van der Waals surface area contributed by atoms with Crippen molar-refractivity contribution in [1.82, 2.24) is 0 Å². The summed E-state index contributed by atoms with van der Waals surface area (Å²) in [4.78, 5) is 10.5. The molecule has 0 N–H and O–H groups in total. The van der Waals surface area contributed by atoms with Crippen molar-refractivity contribution >= 4 is 18.0 Å². The summed E-state index contributed by atoms with van der Waals surface area (Å²) in [6.07, 6.45) is 0.827. The second-order valence-electron chi connectivity index (χ2n) is 2.74. The molecule has 0 bridgehead atoms. The lowest BCUT2D eigenvalue weighted by atomic mass is 10.2. The van der Waals surface area contributed by atoms with Crippen LogP contribution >= 0.6 is 11.8 Å². The zero-order valence-electron chi connectivity index (χ0n) is 8.23. The number of hydrogen-bond donors (Lipinski definition) is 0. The van der Waals surface area contributed by atoms with E-state index in [0.717, 1.165) is 23.5 Å². The first-order valence-electron chi connectivity index (χ1n) is 4.62. The average molecular weight is 210 g/mol. The van der Waals surface area contributed by atoms with Gasteiger partial charge in [-0.3, -0.25) is 4.79 Å². The Kier molecular flexibility index (Phi) is 5.15. The highest BCUT2D eigenvalue weighted by atomic mass is 32.2. The van der Waals surface area contributed by atoms with E-state index < -0.39 is 0 Å². The minimum Gasteiger partial charge on any atom is -0.493 e. The third-order valence-electron chi connectivity index (χ3n) is 1.69. The van der Waals surface area contributed by atoms with Gasteiger partial charge in [0.2, 0.25) is 0 Å². The van der Waals surface area contributed by atoms with Gasteiger partial charge in [-0.2, -0.15) is 11.8 Å². The smallest absolute Gasteiger partial charge is 0.150 e. The molecule has 3 heteroatoms. The number of carbonyl (C=O) groups is 1. The van der Waals surface area contributed by atoms with E-state index in [4.69, 9.17) is 4.74 Å². The topological polar surface area (TPSA) is 26.3 Å². The predicted molar refractivity (Wildman–Crippen MR) is 60.3 cm³/mol. The van der Waals surface area contributed by atoms with E-state index in [1.165, 1.54) is 0 Å². The Morgan fingerprint density at radius 3 is 3.07 bits per heavy atom. The molecule has 0 aromatic heterocycles. The molecule has 0 aliphatic heterocycles. The predicted octanol–water partition coefficient (Wildman–Crippen LogP) is 2.63. The van der Waals surface area contributed by atoms with Crippen LogP contribution in [-0.2, 0) is 0 Å². The van der Waals surface area contributed by atoms with Crippen molar-refractivity contribution in [2.75, 3.05) is 18.1 Å². The van der Waals surface area contributed by atoms with Gasteiger partial charge in [0.05, 0.1) is 6.61 Å². The molecule has 1 rings (SSSR count). The van der Waals surface area contributed by atoms with E-state index in [1.807, 2.05) is 23.9 Å². The molecule has 0 unspecified atom stereocenters. The van der Waals surface area contributed by atoms with Gasteiger partial charge in [0.25, 0.3) is 0 Å². The second-order valence-corrected chi connectivity index (χ2v) is 4.13. The molecule has 0 radical (unpaired) electrons. The summed E-state index contributed by atoms with van der Waals surface area (Å²) >= 11 is 1.84. The number of rotatable bonds is 6. The highest BCUT2D eigenvalue weighted by Gasteiger charge is 1.95. The molecule has 14 heavy (non-hydrogen) atoms. The first-order chi connectivity index (χ1) is 6.86. The third kappa shape index (κ3) is 3.83. The zero-order valence-corrected chi connectivity index (χ0v) is 9.05. The molecule has 0 amide bonds. The van der Waals surface area contributed by atoms with E-state index in [0.29, 0.717) is 12.2 Å². The Morgan fingerprint density at radius 1 is 1.50 bits per heavy atom. The van der Waals surface area contributed by atoms with Crippen LogP contribution in [0.15, 0.2) is 24.3 Å². The van der Waals surface area contributed by atoms with Crippen LogP contribution in [0.1, 0.15) is 17.3 Å². The molecule has 0 saturated carbocycles. The van der Waals surface area contributed by atoms with Crippen LogP contribution in [0.4, 0.5) is 0 Å². The van der Waals surface area contributed by atoms with Crippen molar-refractivity contribution in [2.45, 2.75) is 6.92 Å². The Balaban J connectivity index is 2.38. The van der Waals surface area contributed by atoms with Gasteiger partial charge in [-0.05, 0) is 17.9 Å². The summed E-state index contributed by atoms with van der Waals surface area (Å²) in [6.45, 7) is 2.82. The van der Waals surface area contributed by atoms with Gasteiger partial charge in [0, 0.05) is 11.3 Å². The number of carbonyl (C=O) groups excluding carboxylic acids is 1. The lowest BCUT2D eigenvalue weighted by Gasteiger charge is -2.05. The number of aldehydes is 1. The molecule has 1 aromatic carbocycles. The van der Waals surface area contributed by atoms with Crippen LogP contribution in [0.5, 0.6) is 5.75 Å². The highest BCUT2D eigenvalue weighted by molar-refractivity contribution is 7.99. The van der Waals surface area contributed by atoms with Gasteiger partial charge in [0.1, 0.15) is 12.0 Å². The molecule has 0 atom stereocenters. The molecule has 0 saturated heterocycles. The van der Waals surface area contributed by atoms with Crippen LogP contribution in [0, 0.1) is 0 Å². The zero-order chi connectivity index (χ0) is 10.2. The normalized spacial score (nSPS) is 9.79. The summed E-state index contributed by atoms with van der Waals surface area (Å²) in [6, 6.07) is 7.21. The van der Waals surface area contributed by atoms with Crippen LogP contribution in [0.3, 0.4) is 0 Å². The van der Waals surface area contributed by atoms with Crippen molar-refractivity contribution in [3.05, 3.63) is 29.8 Å². The standard InChI is InChI=1S/C11H14O2S/c1-2-14-7-6-13-11-5-3-4-10(8-11)9-12/h3-5,8-9H,2,6-7H2,1H3. The summed E-state index contributed by atoms with van der Waals surface area (Å²) in [5.74, 6) is 2.87. The SMILES string of the molecule is CCSCCOc1cccc(C=O)c1. The number of thioether (sulfide) groups is 1. The summed E-state index contributed by atoms with van der Waals surface area (Å²) in [5.41, 5.74) is 0.658. The molecule has 0 fully saturated rings. The molecular weight excluding hydrogens is 196 g/mol. The first-order valence-corrected chi connectivity index (χ1v) is 5.78. The molecule has 1 aromatic rings. The van der Waals surface area contributed by atoms with Gasteiger partial charge < -0.3 is 4.74 Å². The lowest BCUT2D eigenvalue weighted by molar-refractivity contribution is 0.112. The first kappa shape index (κ1) is 11.1. The van der Waals surface area contributed by atoms with E-state index in [-0.39, 0.29) is 0 Å². The van der Waals surface area contributed by atoms with Crippen LogP contribution in [0.2, 0.25) is 0 Å². The van der Waals surface area contributed by atoms with Crippen LogP contribution in [0.25, 0.3) is 0 Å². The van der Waals surface area contributed by atoms with Gasteiger partial charge in [0.15, 0.2) is 0 Å². The number of hydrogen-bond acceptors (Lipinski definition) is 3. The Morgan fingerprint density at radius 2 is 2.36 bits per heavy atom. The van der Waals surface area contributed by atoms with Crippen molar-refractivity contribution in [2.24, 2.45) is 0 Å². The van der Waals surface area contributed by atoms with Gasteiger partial charge in [-0.15, -0.1) is 0 Å². The lowest BCUT2D eigenvalue weighted by Crippen LogP contribution is -2.00. The fraction of sp³-hybridized carbons (Fsp3) is 0.364. The van der Waals surface area contributed by atoms with Crippen LogP contribution < -0.4 is 4.74 Å². The molecule has 2 nitrogen and oxygen atoms in total. The highest BCUT2D eigenvalue weighted by Crippen LogP contribution is 2.12. The fourth-order valence-corrected chi connectivity index (χ4v) is 1.53. The summed E-state index contributed by atoms with van der Waals surface area (Å²) < 4.78 is 5.47. The average Bonchev–Trinajstić information content (AvgIpc) is 2.25. The van der Waals surface area contributed by atoms with Crippen molar-refractivity contribution in [3.8, 4) is 5.75 Å². The maximum atomic E-state index is 10.5. The molecule has 0 aliphatic rings. The quantitative estimate of drug-likeness (QED) is 0.533. The summed E-state index contributed by atoms with van der Waals surface area (Å²) in [5, 5.41) is 0. The van der Waals surface area contributed by atoms with Gasteiger partial charge in [-0.25, -0.2) is 0 Å². The van der Waals surface area contributed by atoms with E-state index in [2.05, 4.69) is 6.92 Å². The molecule has 0 aliphatic carbocycles. The molecule has 76 valence electrons. The van der Waals surface area contributed by atoms with E-state index >= 15 is 0 Å². The van der Waals surface area contributed by atoms with E-state index in [1.54, 1.807) is 12.1 Å². The maximum Gasteiger partial charge on any atom is 0.150 e. The second kappa shape index (κ2) is 6.49. The molecule has 0 spiro atoms. The number of benzene rings is 1. The van der Waals surface area contributed by atoms with Crippen LogP contribution in [-0.4, -0.2) is 24.4 Å². The molecule has 0 heterocycles. The van der Waals surface area contributed by atoms with Crippen molar-refractivity contribution < 1.29 is 9.53 Å². The van der Waals surface area contributed by atoms with E-state index in [9.17, 15) is 4.79 Å². The van der Waals surface area contributed by atoms with Crippen molar-refractivity contribution in [3.63, 3.8) is 0 Å².